The van der Waals surface area contributed by atoms with Gasteiger partial charge < -0.3 is 14.7 Å². The van der Waals surface area contributed by atoms with Crippen molar-refractivity contribution >= 4 is 39.7 Å². The number of thiazole rings is 1. The number of amides is 1. The lowest BCUT2D eigenvalue weighted by molar-refractivity contribution is -0.115. The Morgan fingerprint density at radius 1 is 1.18 bits per heavy atom. The van der Waals surface area contributed by atoms with Gasteiger partial charge in [-0.05, 0) is 17.7 Å². The second-order valence-corrected chi connectivity index (χ2v) is 8.16. The van der Waals surface area contributed by atoms with Gasteiger partial charge in [-0.15, -0.1) is 11.3 Å². The van der Waals surface area contributed by atoms with Crippen molar-refractivity contribution < 1.29 is 14.2 Å². The molecule has 4 rings (SSSR count). The number of hydrogen-bond acceptors (Lipinski definition) is 8. The van der Waals surface area contributed by atoms with Crippen molar-refractivity contribution in [3.8, 4) is 0 Å². The Kier molecular flexibility index (Phi) is 6.96. The molecule has 2 heterocycles. The van der Waals surface area contributed by atoms with E-state index in [1.54, 1.807) is 36.7 Å². The van der Waals surface area contributed by atoms with Gasteiger partial charge in [0.1, 0.15) is 0 Å². The summed E-state index contributed by atoms with van der Waals surface area (Å²) in [5.74, 6) is -0.676. The highest BCUT2D eigenvalue weighted by atomic mass is 35.5. The van der Waals surface area contributed by atoms with Crippen LogP contribution in [0, 0.1) is 0 Å². The molecule has 0 radical (unpaired) electrons. The molecule has 0 unspecified atom stereocenters. The number of oxime groups is 1. The number of aryl methyl sites for hydroxylation is 1. The van der Waals surface area contributed by atoms with Crippen LogP contribution in [0.4, 0.5) is 5.13 Å². The van der Waals surface area contributed by atoms with Crippen molar-refractivity contribution in [2.45, 2.75) is 13.0 Å². The molecular weight excluding hydrogens is 466 g/mol. The van der Waals surface area contributed by atoms with Crippen LogP contribution in [0.3, 0.4) is 0 Å². The average Bonchev–Trinajstić information content (AvgIpc) is 3.38. The minimum Gasteiger partial charge on any atom is -0.389 e. The normalized spacial score (nSPS) is 11.4. The molecule has 0 aliphatic rings. The predicted octanol–water partition coefficient (Wildman–Crippen LogP) is 3.63. The van der Waals surface area contributed by atoms with E-state index in [0.29, 0.717) is 27.1 Å². The smallest absolute Gasteiger partial charge is 0.389 e. The number of nitrogens with zero attached hydrogens (tertiary/aromatic N) is 4. The molecule has 168 valence electrons. The fourth-order valence-corrected chi connectivity index (χ4v) is 3.74. The first kappa shape index (κ1) is 22.4. The van der Waals surface area contributed by atoms with E-state index in [0.717, 1.165) is 5.56 Å². The number of halogens is 1. The highest BCUT2D eigenvalue weighted by molar-refractivity contribution is 7.13. The zero-order chi connectivity index (χ0) is 23.2. The fourth-order valence-electron chi connectivity index (χ4n) is 2.90. The molecule has 0 saturated heterocycles. The van der Waals surface area contributed by atoms with Gasteiger partial charge in [-0.25, -0.2) is 9.78 Å². The lowest BCUT2D eigenvalue weighted by atomic mass is 10.1. The average molecular weight is 484 g/mol. The Balaban J connectivity index is 1.41. The van der Waals surface area contributed by atoms with Crippen LogP contribution >= 0.6 is 22.9 Å². The largest absolute Gasteiger partial charge is 0.460 e. The molecule has 0 bridgehead atoms. The zero-order valence-electron chi connectivity index (χ0n) is 17.4. The first-order chi connectivity index (χ1) is 16.0. The van der Waals surface area contributed by atoms with Crippen LogP contribution in [0.2, 0.25) is 5.02 Å². The molecule has 4 aromatic rings. The molecule has 2 aromatic heterocycles. The molecule has 33 heavy (non-hydrogen) atoms. The molecule has 11 heteroatoms. The van der Waals surface area contributed by atoms with Gasteiger partial charge in [-0.1, -0.05) is 59.2 Å². The van der Waals surface area contributed by atoms with Gasteiger partial charge in [-0.3, -0.25) is 4.79 Å². The lowest BCUT2D eigenvalue weighted by Gasteiger charge is -2.05. The van der Waals surface area contributed by atoms with Gasteiger partial charge in [0, 0.05) is 23.0 Å². The van der Waals surface area contributed by atoms with Gasteiger partial charge in [0.2, 0.25) is 5.91 Å². The molecule has 1 N–H and O–H groups in total. The number of benzene rings is 2. The third-order valence-corrected chi connectivity index (χ3v) is 5.47. The number of nitrogens with one attached hydrogen (secondary N) is 1. The third kappa shape index (κ3) is 5.93. The molecule has 2 aromatic carbocycles. The van der Waals surface area contributed by atoms with Crippen LogP contribution in [0.15, 0.2) is 74.5 Å². The topological polar surface area (TPSA) is 112 Å². The number of aromatic nitrogens is 3. The van der Waals surface area contributed by atoms with E-state index in [2.05, 4.69) is 20.4 Å². The summed E-state index contributed by atoms with van der Waals surface area (Å²) < 4.78 is 6.16. The molecule has 0 atom stereocenters. The van der Waals surface area contributed by atoms with Crippen molar-refractivity contribution in [1.82, 2.24) is 14.7 Å². The summed E-state index contributed by atoms with van der Waals surface area (Å²) in [6.45, 7) is 0.0612. The Labute approximate surface area is 197 Å². The van der Waals surface area contributed by atoms with Crippen LogP contribution in [0.25, 0.3) is 0 Å². The highest BCUT2D eigenvalue weighted by Gasteiger charge is 2.16. The number of carbonyl (C=O) groups is 1. The lowest BCUT2D eigenvalue weighted by Crippen LogP contribution is -2.14. The van der Waals surface area contributed by atoms with E-state index in [9.17, 15) is 9.59 Å². The first-order valence-corrected chi connectivity index (χ1v) is 11.0. The fraction of sp³-hybridized carbons (Fsp3) is 0.136. The third-order valence-electron chi connectivity index (χ3n) is 4.41. The van der Waals surface area contributed by atoms with Crippen LogP contribution < -0.4 is 11.1 Å². The maximum Gasteiger partial charge on any atom is 0.460 e. The summed E-state index contributed by atoms with van der Waals surface area (Å²) in [4.78, 5) is 37.5. The summed E-state index contributed by atoms with van der Waals surface area (Å²) in [7, 11) is 1.56. The molecule has 9 nitrogen and oxygen atoms in total. The number of anilines is 1. The van der Waals surface area contributed by atoms with Crippen molar-refractivity contribution in [3.63, 3.8) is 0 Å². The van der Waals surface area contributed by atoms with Gasteiger partial charge in [-0.2, -0.15) is 9.72 Å². The van der Waals surface area contributed by atoms with E-state index < -0.39 is 5.76 Å². The van der Waals surface area contributed by atoms with Crippen LogP contribution in [0.5, 0.6) is 0 Å². The van der Waals surface area contributed by atoms with E-state index >= 15 is 0 Å². The van der Waals surface area contributed by atoms with Gasteiger partial charge in [0.25, 0.3) is 0 Å². The minimum atomic E-state index is -0.727. The summed E-state index contributed by atoms with van der Waals surface area (Å²) in [5, 5.41) is 9.78. The summed E-state index contributed by atoms with van der Waals surface area (Å²) in [6.07, 6.45) is 0.212. The van der Waals surface area contributed by atoms with Crippen LogP contribution in [-0.2, 0) is 29.7 Å². The van der Waals surface area contributed by atoms with Crippen LogP contribution in [-0.4, -0.2) is 26.3 Å². The Bertz CT molecular complexity index is 1330. The molecule has 0 spiro atoms. The maximum absolute atomic E-state index is 12.3. The van der Waals surface area contributed by atoms with Crippen molar-refractivity contribution in [1.29, 1.82) is 0 Å². The van der Waals surface area contributed by atoms with E-state index in [-0.39, 0.29) is 24.8 Å². The molecule has 1 amide bonds. The standard InChI is InChI=1S/C22H18ClN5O4S/c1-28-20(26-22(30)32-28)19(15-5-3-2-4-6-15)27-31-12-17-13-33-21(24-17)25-18(29)11-14-7-9-16(23)10-8-14/h2-10,13H,11-12H2,1H3,(H,24,25,29)/b27-19+. The predicted molar refractivity (Wildman–Crippen MR) is 125 cm³/mol. The van der Waals surface area contributed by atoms with Crippen molar-refractivity contribution in [3.05, 3.63) is 98.2 Å². The highest BCUT2D eigenvalue weighted by Crippen LogP contribution is 2.18. The molecule has 0 aliphatic heterocycles. The second-order valence-electron chi connectivity index (χ2n) is 6.86. The second kappa shape index (κ2) is 10.2. The van der Waals surface area contributed by atoms with Gasteiger partial charge >= 0.3 is 5.76 Å². The summed E-state index contributed by atoms with van der Waals surface area (Å²) >= 11 is 7.15. The van der Waals surface area contributed by atoms with E-state index in [1.165, 1.54) is 16.1 Å². The van der Waals surface area contributed by atoms with E-state index in [4.69, 9.17) is 21.0 Å². The maximum atomic E-state index is 12.3. The Hall–Kier alpha value is -3.76. The number of rotatable bonds is 8. The number of hydrogen-bond donors (Lipinski definition) is 1. The molecule has 0 saturated carbocycles. The number of carbonyl (C=O) groups excluding carboxylic acids is 1. The van der Waals surface area contributed by atoms with E-state index in [1.807, 2.05) is 30.3 Å². The SMILES string of the molecule is Cn1oc(=O)nc1/C(=N/OCc1csc(NC(=O)Cc2ccc(Cl)cc2)n1)c1ccccc1. The van der Waals surface area contributed by atoms with Gasteiger partial charge in [0.15, 0.2) is 23.3 Å². The molecule has 0 aliphatic carbocycles. The Morgan fingerprint density at radius 2 is 1.94 bits per heavy atom. The summed E-state index contributed by atoms with van der Waals surface area (Å²) in [5.41, 5.74) is 2.49. The first-order valence-electron chi connectivity index (χ1n) is 9.77. The summed E-state index contributed by atoms with van der Waals surface area (Å²) in [6, 6.07) is 16.3. The molecular formula is C22H18ClN5O4S. The van der Waals surface area contributed by atoms with Gasteiger partial charge in [0.05, 0.1) is 12.1 Å². The van der Waals surface area contributed by atoms with Crippen molar-refractivity contribution in [2.24, 2.45) is 12.2 Å². The zero-order valence-corrected chi connectivity index (χ0v) is 19.0. The van der Waals surface area contributed by atoms with Crippen LogP contribution in [0.1, 0.15) is 22.6 Å². The minimum absolute atomic E-state index is 0.0612. The monoisotopic (exact) mass is 483 g/mol. The Morgan fingerprint density at radius 3 is 2.64 bits per heavy atom. The van der Waals surface area contributed by atoms with Crippen molar-refractivity contribution in [2.75, 3.05) is 5.32 Å². The quantitative estimate of drug-likeness (QED) is 0.302. The molecule has 0 fully saturated rings.